The van der Waals surface area contributed by atoms with Crippen molar-refractivity contribution in [1.29, 1.82) is 0 Å². The number of rotatable bonds is 1. The molecule has 25 heavy (non-hydrogen) atoms. The molecule has 1 spiro atoms. The normalized spacial score (nSPS) is 56.2. The maximum absolute atomic E-state index is 12.3. The average molecular weight is 342 g/mol. The van der Waals surface area contributed by atoms with Crippen LogP contribution in [-0.4, -0.2) is 23.3 Å². The fourth-order valence-electron chi connectivity index (χ4n) is 8.08. The Hall–Kier alpha value is -0.960. The number of hydrogen-bond acceptors (Lipinski definition) is 3. The standard InChI is InChI=1S/C22H30O3/c1-12-9-18-16-6-5-15(13(2)23)20(16,3)11-19-22(18,25-19)21(4)8-7-14(24)10-17(12)21/h10,12,15-16,18-19H,5-9,11H2,1-4H3/t12-,15?,16?,18?,19?,20?,21?,22?/m0/s1. The number of ether oxygens (including phenoxy) is 1. The molecule has 5 rings (SSSR count). The summed E-state index contributed by atoms with van der Waals surface area (Å²) in [6.07, 6.45) is 8.22. The lowest BCUT2D eigenvalue weighted by Crippen LogP contribution is -2.59. The lowest BCUT2D eigenvalue weighted by molar-refractivity contribution is -0.127. The zero-order valence-electron chi connectivity index (χ0n) is 15.9. The summed E-state index contributed by atoms with van der Waals surface area (Å²) in [5.41, 5.74) is 1.43. The minimum atomic E-state index is -0.0537. The molecule has 0 bridgehead atoms. The molecule has 0 radical (unpaired) electrons. The molecule has 5 aliphatic rings. The van der Waals surface area contributed by atoms with Crippen molar-refractivity contribution in [3.63, 3.8) is 0 Å². The predicted molar refractivity (Wildman–Crippen MR) is 94.9 cm³/mol. The van der Waals surface area contributed by atoms with Gasteiger partial charge in [0, 0.05) is 17.8 Å². The van der Waals surface area contributed by atoms with Gasteiger partial charge in [0.05, 0.1) is 6.10 Å². The van der Waals surface area contributed by atoms with Crippen molar-refractivity contribution in [2.45, 2.75) is 77.9 Å². The quantitative estimate of drug-likeness (QED) is 0.674. The van der Waals surface area contributed by atoms with Gasteiger partial charge < -0.3 is 4.74 Å². The molecule has 0 aromatic rings. The van der Waals surface area contributed by atoms with Crippen LogP contribution in [0.3, 0.4) is 0 Å². The van der Waals surface area contributed by atoms with Crippen molar-refractivity contribution in [3.05, 3.63) is 11.6 Å². The van der Waals surface area contributed by atoms with Crippen LogP contribution in [0.4, 0.5) is 0 Å². The van der Waals surface area contributed by atoms with Crippen molar-refractivity contribution in [2.24, 2.45) is 34.5 Å². The van der Waals surface area contributed by atoms with E-state index in [1.54, 1.807) is 6.92 Å². The van der Waals surface area contributed by atoms with E-state index in [4.69, 9.17) is 4.74 Å². The van der Waals surface area contributed by atoms with E-state index in [0.717, 1.165) is 25.7 Å². The van der Waals surface area contributed by atoms with Crippen LogP contribution < -0.4 is 0 Å². The summed E-state index contributed by atoms with van der Waals surface area (Å²) >= 11 is 0. The van der Waals surface area contributed by atoms with E-state index in [0.29, 0.717) is 35.7 Å². The zero-order chi connectivity index (χ0) is 17.8. The van der Waals surface area contributed by atoms with Gasteiger partial charge >= 0.3 is 0 Å². The molecular weight excluding hydrogens is 312 g/mol. The molecule has 4 aliphatic carbocycles. The topological polar surface area (TPSA) is 46.7 Å². The van der Waals surface area contributed by atoms with Gasteiger partial charge in [0.1, 0.15) is 11.4 Å². The van der Waals surface area contributed by atoms with Gasteiger partial charge in [0.15, 0.2) is 5.78 Å². The van der Waals surface area contributed by atoms with Crippen LogP contribution in [0.15, 0.2) is 11.6 Å². The van der Waals surface area contributed by atoms with Gasteiger partial charge in [0.2, 0.25) is 0 Å². The molecule has 0 aromatic heterocycles. The van der Waals surface area contributed by atoms with Crippen molar-refractivity contribution in [2.75, 3.05) is 0 Å². The van der Waals surface area contributed by atoms with Gasteiger partial charge in [-0.25, -0.2) is 0 Å². The molecule has 3 nitrogen and oxygen atoms in total. The van der Waals surface area contributed by atoms with E-state index in [-0.39, 0.29) is 28.5 Å². The van der Waals surface area contributed by atoms with Gasteiger partial charge in [-0.2, -0.15) is 0 Å². The van der Waals surface area contributed by atoms with E-state index >= 15 is 0 Å². The molecule has 4 fully saturated rings. The molecule has 3 heteroatoms. The Labute approximate surface area is 150 Å². The van der Waals surface area contributed by atoms with Crippen molar-refractivity contribution in [1.82, 2.24) is 0 Å². The highest BCUT2D eigenvalue weighted by atomic mass is 16.6. The molecule has 7 unspecified atom stereocenters. The third-order valence-corrected chi connectivity index (χ3v) is 9.15. The summed E-state index contributed by atoms with van der Waals surface area (Å²) in [6.45, 7) is 8.82. The second kappa shape index (κ2) is 4.65. The first kappa shape index (κ1) is 16.2. The minimum absolute atomic E-state index is 0.0174. The number of carbonyl (C=O) groups excluding carboxylic acids is 2. The fraction of sp³-hybridized carbons (Fsp3) is 0.818. The largest absolute Gasteiger partial charge is 0.365 e. The van der Waals surface area contributed by atoms with E-state index in [2.05, 4.69) is 20.8 Å². The van der Waals surface area contributed by atoms with Crippen LogP contribution in [0.5, 0.6) is 0 Å². The minimum Gasteiger partial charge on any atom is -0.365 e. The van der Waals surface area contributed by atoms with Crippen LogP contribution in [0, 0.1) is 34.5 Å². The molecule has 1 heterocycles. The van der Waals surface area contributed by atoms with Crippen LogP contribution in [-0.2, 0) is 14.3 Å². The van der Waals surface area contributed by atoms with Crippen molar-refractivity contribution < 1.29 is 14.3 Å². The average Bonchev–Trinajstić information content (AvgIpc) is 3.15. The molecule has 136 valence electrons. The maximum atomic E-state index is 12.3. The van der Waals surface area contributed by atoms with E-state index < -0.39 is 0 Å². The number of fused-ring (bicyclic) bond motifs is 3. The number of epoxide rings is 1. The molecule has 0 N–H and O–H groups in total. The highest BCUT2D eigenvalue weighted by molar-refractivity contribution is 5.92. The highest BCUT2D eigenvalue weighted by Crippen LogP contribution is 2.76. The number of Topliss-reactive ketones (excluding diaryl/α,β-unsaturated/α-hetero) is 1. The van der Waals surface area contributed by atoms with Gasteiger partial charge in [-0.15, -0.1) is 0 Å². The smallest absolute Gasteiger partial charge is 0.155 e. The van der Waals surface area contributed by atoms with Gasteiger partial charge in [-0.05, 0) is 68.3 Å². The van der Waals surface area contributed by atoms with Gasteiger partial charge in [-0.3, -0.25) is 9.59 Å². The Morgan fingerprint density at radius 1 is 1.24 bits per heavy atom. The van der Waals surface area contributed by atoms with Crippen molar-refractivity contribution in [3.8, 4) is 0 Å². The van der Waals surface area contributed by atoms with E-state index in [9.17, 15) is 9.59 Å². The molecule has 0 amide bonds. The Morgan fingerprint density at radius 2 is 2.00 bits per heavy atom. The third kappa shape index (κ3) is 1.72. The van der Waals surface area contributed by atoms with E-state index in [1.165, 1.54) is 12.0 Å². The lowest BCUT2D eigenvalue weighted by Gasteiger charge is -2.57. The van der Waals surface area contributed by atoms with Crippen LogP contribution >= 0.6 is 0 Å². The fourth-order valence-corrected chi connectivity index (χ4v) is 8.08. The van der Waals surface area contributed by atoms with Gasteiger partial charge in [-0.1, -0.05) is 26.3 Å². The third-order valence-electron chi connectivity index (χ3n) is 9.15. The van der Waals surface area contributed by atoms with Crippen molar-refractivity contribution >= 4 is 11.6 Å². The number of hydrogen-bond donors (Lipinski definition) is 0. The first-order valence-corrected chi connectivity index (χ1v) is 10.2. The Kier molecular flexibility index (Phi) is 3.02. The second-order valence-corrected chi connectivity index (χ2v) is 10.1. The summed E-state index contributed by atoms with van der Waals surface area (Å²) in [7, 11) is 0. The predicted octanol–water partition coefficient (Wildman–Crippen LogP) is 4.10. The highest BCUT2D eigenvalue weighted by Gasteiger charge is 2.79. The second-order valence-electron chi connectivity index (χ2n) is 10.1. The SMILES string of the molecule is CC(=O)C1CCC2C3C[C@H](C)C4=CC(=O)CCC4(C)C34OC4CC12C. The van der Waals surface area contributed by atoms with Gasteiger partial charge in [0.25, 0.3) is 0 Å². The monoisotopic (exact) mass is 342 g/mol. The molecule has 0 aromatic carbocycles. The molecule has 1 aliphatic heterocycles. The lowest BCUT2D eigenvalue weighted by atomic mass is 9.45. The Balaban J connectivity index is 1.60. The first-order valence-electron chi connectivity index (χ1n) is 10.2. The Morgan fingerprint density at radius 3 is 2.72 bits per heavy atom. The summed E-state index contributed by atoms with van der Waals surface area (Å²) in [5, 5.41) is 0. The summed E-state index contributed by atoms with van der Waals surface area (Å²) in [6, 6.07) is 0. The number of carbonyl (C=O) groups is 2. The summed E-state index contributed by atoms with van der Waals surface area (Å²) in [4.78, 5) is 24.4. The number of ketones is 2. The van der Waals surface area contributed by atoms with Crippen LogP contribution in [0.25, 0.3) is 0 Å². The first-order chi connectivity index (χ1) is 11.7. The maximum Gasteiger partial charge on any atom is 0.155 e. The van der Waals surface area contributed by atoms with Crippen LogP contribution in [0.2, 0.25) is 0 Å². The summed E-state index contributed by atoms with van der Waals surface area (Å²) in [5.74, 6) is 2.48. The van der Waals surface area contributed by atoms with E-state index in [1.807, 2.05) is 6.08 Å². The molecule has 3 saturated carbocycles. The summed E-state index contributed by atoms with van der Waals surface area (Å²) < 4.78 is 6.59. The van der Waals surface area contributed by atoms with Crippen LogP contribution in [0.1, 0.15) is 66.2 Å². The molecule has 8 atom stereocenters. The molecule has 1 saturated heterocycles. The Bertz CT molecular complexity index is 708. The zero-order valence-corrected chi connectivity index (χ0v) is 15.9. The molecular formula is C22H30O3.